The molecule has 10 heteroatoms. The van der Waals surface area contributed by atoms with E-state index in [-0.39, 0.29) is 29.5 Å². The first-order chi connectivity index (χ1) is 21.2. The van der Waals surface area contributed by atoms with Crippen LogP contribution >= 0.6 is 15.9 Å². The van der Waals surface area contributed by atoms with Crippen molar-refractivity contribution in [2.45, 2.75) is 43.7 Å². The molecular weight excluding hydrogens is 645 g/mol. The van der Waals surface area contributed by atoms with E-state index in [2.05, 4.69) is 21.2 Å². The van der Waals surface area contributed by atoms with E-state index in [4.69, 9.17) is 0 Å². The van der Waals surface area contributed by atoms with Gasteiger partial charge in [0.1, 0.15) is 18.4 Å². The third kappa shape index (κ3) is 8.76. The molecule has 0 unspecified atom stereocenters. The van der Waals surface area contributed by atoms with E-state index in [1.807, 2.05) is 61.5 Å². The van der Waals surface area contributed by atoms with Gasteiger partial charge < -0.3 is 10.2 Å². The number of hydrogen-bond acceptors (Lipinski definition) is 4. The lowest BCUT2D eigenvalue weighted by molar-refractivity contribution is -0.140. The Morgan fingerprint density at radius 1 is 0.841 bits per heavy atom. The number of carbonyl (C=O) groups excluding carboxylic acids is 2. The molecule has 0 saturated heterocycles. The lowest BCUT2D eigenvalue weighted by atomic mass is 10.0. The molecule has 230 valence electrons. The van der Waals surface area contributed by atoms with E-state index in [1.165, 1.54) is 29.2 Å². The molecule has 4 aromatic rings. The summed E-state index contributed by atoms with van der Waals surface area (Å²) in [4.78, 5) is 29.5. The number of halogens is 2. The largest absolute Gasteiger partial charge is 0.354 e. The molecule has 0 saturated carbocycles. The smallest absolute Gasteiger partial charge is 0.264 e. The van der Waals surface area contributed by atoms with Crippen LogP contribution < -0.4 is 9.62 Å². The van der Waals surface area contributed by atoms with Gasteiger partial charge in [-0.15, -0.1) is 0 Å². The number of carbonyl (C=O) groups is 2. The van der Waals surface area contributed by atoms with Gasteiger partial charge in [0.15, 0.2) is 0 Å². The van der Waals surface area contributed by atoms with Gasteiger partial charge in [-0.1, -0.05) is 89.9 Å². The van der Waals surface area contributed by atoms with Gasteiger partial charge in [0.2, 0.25) is 11.8 Å². The normalized spacial score (nSPS) is 11.9. The molecule has 0 aliphatic heterocycles. The Balaban J connectivity index is 1.77. The molecule has 4 rings (SSSR count). The Labute approximate surface area is 266 Å². The molecule has 0 heterocycles. The average molecular weight is 681 g/mol. The highest BCUT2D eigenvalue weighted by Crippen LogP contribution is 2.25. The molecule has 2 amide bonds. The van der Waals surface area contributed by atoms with Crippen molar-refractivity contribution < 1.29 is 22.4 Å². The zero-order valence-corrected chi connectivity index (χ0v) is 26.8. The Kier molecular flexibility index (Phi) is 11.7. The van der Waals surface area contributed by atoms with Gasteiger partial charge in [-0.25, -0.2) is 12.8 Å². The zero-order valence-electron chi connectivity index (χ0n) is 24.4. The van der Waals surface area contributed by atoms with E-state index in [0.29, 0.717) is 6.54 Å². The van der Waals surface area contributed by atoms with Crippen LogP contribution in [0, 0.1) is 5.82 Å². The van der Waals surface area contributed by atoms with Crippen LogP contribution in [-0.2, 0) is 32.6 Å². The van der Waals surface area contributed by atoms with Crippen LogP contribution in [-0.4, -0.2) is 44.3 Å². The second-order valence-electron chi connectivity index (χ2n) is 10.3. The fraction of sp³-hybridized carbons (Fsp3) is 0.235. The Bertz CT molecular complexity index is 1620. The highest BCUT2D eigenvalue weighted by atomic mass is 79.9. The molecule has 1 N–H and O–H groups in total. The SMILES string of the molecule is CCCCNC(=O)[C@H](Cc1ccccc1)N(Cc1ccc(Br)cc1)C(=O)CN(c1ccc(F)cc1)S(=O)(=O)c1ccccc1. The van der Waals surface area contributed by atoms with Crippen molar-refractivity contribution in [3.63, 3.8) is 0 Å². The summed E-state index contributed by atoms with van der Waals surface area (Å²) >= 11 is 3.44. The minimum atomic E-state index is -4.24. The van der Waals surface area contributed by atoms with Crippen molar-refractivity contribution in [1.29, 1.82) is 0 Å². The van der Waals surface area contributed by atoms with Gasteiger partial charge in [-0.2, -0.15) is 0 Å². The van der Waals surface area contributed by atoms with Crippen molar-refractivity contribution in [2.24, 2.45) is 0 Å². The maximum Gasteiger partial charge on any atom is 0.264 e. The molecule has 0 aliphatic carbocycles. The summed E-state index contributed by atoms with van der Waals surface area (Å²) in [5, 5.41) is 2.97. The predicted molar refractivity (Wildman–Crippen MR) is 174 cm³/mol. The molecule has 44 heavy (non-hydrogen) atoms. The molecule has 0 spiro atoms. The van der Waals surface area contributed by atoms with Gasteiger partial charge in [-0.05, 0) is 66.1 Å². The first-order valence-corrected chi connectivity index (χ1v) is 16.6. The molecular formula is C34H35BrFN3O4S. The topological polar surface area (TPSA) is 86.8 Å². The van der Waals surface area contributed by atoms with Crippen LogP contribution in [0.2, 0.25) is 0 Å². The fourth-order valence-electron chi connectivity index (χ4n) is 4.70. The maximum atomic E-state index is 14.4. The number of sulfonamides is 1. The number of benzene rings is 4. The molecule has 0 fully saturated rings. The number of nitrogens with one attached hydrogen (secondary N) is 1. The van der Waals surface area contributed by atoms with Crippen LogP contribution in [0.25, 0.3) is 0 Å². The predicted octanol–water partition coefficient (Wildman–Crippen LogP) is 6.34. The Morgan fingerprint density at radius 3 is 2.07 bits per heavy atom. The van der Waals surface area contributed by atoms with Crippen molar-refractivity contribution in [3.05, 3.63) is 131 Å². The van der Waals surface area contributed by atoms with E-state index in [9.17, 15) is 22.4 Å². The molecule has 1 atom stereocenters. The lowest BCUT2D eigenvalue weighted by Crippen LogP contribution is -2.53. The summed E-state index contributed by atoms with van der Waals surface area (Å²) in [5.74, 6) is -1.45. The van der Waals surface area contributed by atoms with E-state index in [0.717, 1.165) is 44.9 Å². The van der Waals surface area contributed by atoms with Gasteiger partial charge in [0.05, 0.1) is 10.6 Å². The molecule has 4 aromatic carbocycles. The second-order valence-corrected chi connectivity index (χ2v) is 13.1. The number of unbranched alkanes of at least 4 members (excludes halogenated alkanes) is 1. The molecule has 0 aromatic heterocycles. The van der Waals surface area contributed by atoms with Crippen molar-refractivity contribution in [2.75, 3.05) is 17.4 Å². The van der Waals surface area contributed by atoms with Crippen LogP contribution in [0.4, 0.5) is 10.1 Å². The summed E-state index contributed by atoms with van der Waals surface area (Å²) in [6, 6.07) is 28.5. The zero-order chi connectivity index (χ0) is 31.5. The van der Waals surface area contributed by atoms with Crippen LogP contribution in [0.3, 0.4) is 0 Å². The molecule has 7 nitrogen and oxygen atoms in total. The second kappa shape index (κ2) is 15.6. The van der Waals surface area contributed by atoms with Crippen LogP contribution in [0.15, 0.2) is 119 Å². The highest BCUT2D eigenvalue weighted by molar-refractivity contribution is 9.10. The van der Waals surface area contributed by atoms with Gasteiger partial charge >= 0.3 is 0 Å². The molecule has 0 aliphatic rings. The summed E-state index contributed by atoms with van der Waals surface area (Å²) in [6.07, 6.45) is 1.89. The summed E-state index contributed by atoms with van der Waals surface area (Å²) in [7, 11) is -4.24. The third-order valence-electron chi connectivity index (χ3n) is 7.09. The highest BCUT2D eigenvalue weighted by Gasteiger charge is 2.34. The van der Waals surface area contributed by atoms with Crippen molar-refractivity contribution in [1.82, 2.24) is 10.2 Å². The number of rotatable bonds is 14. The van der Waals surface area contributed by atoms with Crippen LogP contribution in [0.5, 0.6) is 0 Å². The minimum absolute atomic E-state index is 0.0188. The quantitative estimate of drug-likeness (QED) is 0.158. The van der Waals surface area contributed by atoms with Crippen molar-refractivity contribution in [3.8, 4) is 0 Å². The number of anilines is 1. The maximum absolute atomic E-state index is 14.4. The average Bonchev–Trinajstić information content (AvgIpc) is 3.03. The number of amides is 2. The number of nitrogens with zero attached hydrogens (tertiary/aromatic N) is 2. The van der Waals surface area contributed by atoms with Gasteiger partial charge in [0, 0.05) is 24.0 Å². The summed E-state index contributed by atoms with van der Waals surface area (Å²) in [6.45, 7) is 1.93. The monoisotopic (exact) mass is 679 g/mol. The van der Waals surface area contributed by atoms with Crippen molar-refractivity contribution >= 4 is 43.5 Å². The van der Waals surface area contributed by atoms with Gasteiger partial charge in [-0.3, -0.25) is 13.9 Å². The third-order valence-corrected chi connectivity index (χ3v) is 9.41. The van der Waals surface area contributed by atoms with E-state index < -0.39 is 34.3 Å². The van der Waals surface area contributed by atoms with E-state index in [1.54, 1.807) is 18.2 Å². The Morgan fingerprint density at radius 2 is 1.45 bits per heavy atom. The molecule has 0 bridgehead atoms. The first-order valence-electron chi connectivity index (χ1n) is 14.4. The molecule has 0 radical (unpaired) electrons. The summed E-state index contributed by atoms with van der Waals surface area (Å²) < 4.78 is 43.5. The lowest BCUT2D eigenvalue weighted by Gasteiger charge is -2.34. The van der Waals surface area contributed by atoms with E-state index >= 15 is 0 Å². The fourth-order valence-corrected chi connectivity index (χ4v) is 6.40. The summed E-state index contributed by atoms with van der Waals surface area (Å²) in [5.41, 5.74) is 1.74. The Hall–Kier alpha value is -4.02. The first kappa shape index (κ1) is 32.9. The standard InChI is InChI=1S/C34H35BrFN3O4S/c1-2-3-22-37-34(41)32(23-26-10-6-4-7-11-26)38(24-27-14-16-28(35)17-15-27)33(40)25-39(30-20-18-29(36)19-21-30)44(42,43)31-12-8-5-9-13-31/h4-21,32H,2-3,22-25H2,1H3,(H,37,41)/t32-/m0/s1. The van der Waals surface area contributed by atoms with Gasteiger partial charge in [0.25, 0.3) is 10.0 Å². The number of hydrogen-bond donors (Lipinski definition) is 1. The van der Waals surface area contributed by atoms with Crippen LogP contribution in [0.1, 0.15) is 30.9 Å². The minimum Gasteiger partial charge on any atom is -0.354 e.